The first kappa shape index (κ1) is 20.8. The second-order valence-corrected chi connectivity index (χ2v) is 6.70. The molecule has 1 aromatic rings. The zero-order valence-corrected chi connectivity index (χ0v) is 16.1. The van der Waals surface area contributed by atoms with Crippen molar-refractivity contribution >= 4 is 6.08 Å². The van der Waals surface area contributed by atoms with Crippen LogP contribution in [0.3, 0.4) is 0 Å². The number of para-hydroxylation sites is 1. The Morgan fingerprint density at radius 1 is 0.750 bits per heavy atom. The van der Waals surface area contributed by atoms with E-state index < -0.39 is 0 Å². The molecule has 0 aliphatic rings. The predicted octanol–water partition coefficient (Wildman–Crippen LogP) is 7.80. The smallest absolute Gasteiger partial charge is 0.126 e. The van der Waals surface area contributed by atoms with E-state index in [1.165, 1.54) is 82.6 Å². The standard InChI is InChI=1S/C23H38O/c1-3-5-6-7-8-9-10-11-12-13-14-15-16-19-22-20-17-18-21-23(22)24-4-2/h16-21H,3-15H2,1-2H3. The van der Waals surface area contributed by atoms with Gasteiger partial charge in [0.15, 0.2) is 0 Å². The minimum absolute atomic E-state index is 0.726. The van der Waals surface area contributed by atoms with Crippen molar-refractivity contribution in [2.24, 2.45) is 0 Å². The van der Waals surface area contributed by atoms with Crippen molar-refractivity contribution in [3.05, 3.63) is 35.9 Å². The molecule has 0 radical (unpaired) electrons. The van der Waals surface area contributed by atoms with E-state index in [0.717, 1.165) is 12.4 Å². The second kappa shape index (κ2) is 15.3. The lowest BCUT2D eigenvalue weighted by molar-refractivity contribution is 0.339. The lowest BCUT2D eigenvalue weighted by Gasteiger charge is -2.06. The molecule has 0 saturated carbocycles. The molecule has 136 valence electrons. The number of rotatable bonds is 15. The monoisotopic (exact) mass is 330 g/mol. The fourth-order valence-corrected chi connectivity index (χ4v) is 3.04. The van der Waals surface area contributed by atoms with E-state index in [-0.39, 0.29) is 0 Å². The van der Waals surface area contributed by atoms with E-state index in [9.17, 15) is 0 Å². The summed E-state index contributed by atoms with van der Waals surface area (Å²) in [5.74, 6) is 0.996. The average molecular weight is 331 g/mol. The molecule has 0 aliphatic carbocycles. The summed E-state index contributed by atoms with van der Waals surface area (Å²) >= 11 is 0. The highest BCUT2D eigenvalue weighted by Gasteiger charge is 1.97. The molecule has 0 heterocycles. The van der Waals surface area contributed by atoms with E-state index in [0.29, 0.717) is 0 Å². The highest BCUT2D eigenvalue weighted by molar-refractivity contribution is 5.57. The van der Waals surface area contributed by atoms with Crippen LogP contribution in [-0.4, -0.2) is 6.61 Å². The normalized spacial score (nSPS) is 11.2. The SMILES string of the molecule is CCCCCCCCCCCCCC=Cc1ccccc1OCC. The van der Waals surface area contributed by atoms with Crippen molar-refractivity contribution in [3.8, 4) is 5.75 Å². The molecular weight excluding hydrogens is 292 g/mol. The van der Waals surface area contributed by atoms with Crippen LogP contribution in [0.4, 0.5) is 0 Å². The predicted molar refractivity (Wildman–Crippen MR) is 108 cm³/mol. The van der Waals surface area contributed by atoms with E-state index in [1.807, 2.05) is 19.1 Å². The molecule has 0 fully saturated rings. The van der Waals surface area contributed by atoms with Crippen molar-refractivity contribution in [2.75, 3.05) is 6.61 Å². The van der Waals surface area contributed by atoms with Crippen LogP contribution >= 0.6 is 0 Å². The fraction of sp³-hybridized carbons (Fsp3) is 0.652. The van der Waals surface area contributed by atoms with Crippen LogP contribution in [0.1, 0.15) is 96.5 Å². The second-order valence-electron chi connectivity index (χ2n) is 6.70. The molecule has 0 saturated heterocycles. The third-order valence-corrected chi connectivity index (χ3v) is 4.49. The van der Waals surface area contributed by atoms with Gasteiger partial charge in [-0.25, -0.2) is 0 Å². The highest BCUT2D eigenvalue weighted by atomic mass is 16.5. The first-order valence-electron chi connectivity index (χ1n) is 10.3. The van der Waals surface area contributed by atoms with Gasteiger partial charge in [0.1, 0.15) is 5.75 Å². The van der Waals surface area contributed by atoms with E-state index in [2.05, 4.69) is 31.2 Å². The number of benzene rings is 1. The van der Waals surface area contributed by atoms with Gasteiger partial charge >= 0.3 is 0 Å². The summed E-state index contributed by atoms with van der Waals surface area (Å²) in [5.41, 5.74) is 1.20. The number of unbranched alkanes of at least 4 members (excludes halogenated alkanes) is 11. The molecule has 1 heteroatoms. The Balaban J connectivity index is 1.98. The molecule has 0 bridgehead atoms. The molecule has 0 unspecified atom stereocenters. The summed E-state index contributed by atoms with van der Waals surface area (Å²) < 4.78 is 5.65. The molecule has 0 aliphatic heterocycles. The molecule has 1 nitrogen and oxygen atoms in total. The van der Waals surface area contributed by atoms with Gasteiger partial charge in [0.25, 0.3) is 0 Å². The van der Waals surface area contributed by atoms with Gasteiger partial charge in [0.05, 0.1) is 6.61 Å². The minimum atomic E-state index is 0.726. The third-order valence-electron chi connectivity index (χ3n) is 4.49. The van der Waals surface area contributed by atoms with Gasteiger partial charge in [-0.05, 0) is 25.8 Å². The Morgan fingerprint density at radius 3 is 1.96 bits per heavy atom. The van der Waals surface area contributed by atoms with E-state index in [4.69, 9.17) is 4.74 Å². The van der Waals surface area contributed by atoms with E-state index in [1.54, 1.807) is 0 Å². The van der Waals surface area contributed by atoms with Gasteiger partial charge in [-0.3, -0.25) is 0 Å². The Bertz CT molecular complexity index is 422. The summed E-state index contributed by atoms with van der Waals surface area (Å²) in [6, 6.07) is 8.28. The Hall–Kier alpha value is -1.24. The minimum Gasteiger partial charge on any atom is -0.493 e. The molecule has 0 atom stereocenters. The van der Waals surface area contributed by atoms with Crippen molar-refractivity contribution in [3.63, 3.8) is 0 Å². The zero-order valence-electron chi connectivity index (χ0n) is 16.1. The maximum atomic E-state index is 5.65. The maximum Gasteiger partial charge on any atom is 0.126 e. The lowest BCUT2D eigenvalue weighted by atomic mass is 10.0. The molecule has 1 rings (SSSR count). The first-order chi connectivity index (χ1) is 11.9. The maximum absolute atomic E-state index is 5.65. The van der Waals surface area contributed by atoms with Crippen LogP contribution < -0.4 is 4.74 Å². The van der Waals surface area contributed by atoms with Gasteiger partial charge < -0.3 is 4.74 Å². The van der Waals surface area contributed by atoms with Gasteiger partial charge in [0, 0.05) is 5.56 Å². The Kier molecular flexibility index (Phi) is 13.3. The third kappa shape index (κ3) is 10.5. The summed E-state index contributed by atoms with van der Waals surface area (Å²) in [7, 11) is 0. The number of hydrogen-bond donors (Lipinski definition) is 0. The molecule has 0 spiro atoms. The number of hydrogen-bond acceptors (Lipinski definition) is 1. The summed E-state index contributed by atoms with van der Waals surface area (Å²) in [6.45, 7) is 5.04. The zero-order chi connectivity index (χ0) is 17.3. The molecule has 1 aromatic carbocycles. The van der Waals surface area contributed by atoms with Gasteiger partial charge in [-0.15, -0.1) is 0 Å². The average Bonchev–Trinajstić information content (AvgIpc) is 2.60. The van der Waals surface area contributed by atoms with Crippen LogP contribution in [0.25, 0.3) is 6.08 Å². The van der Waals surface area contributed by atoms with Crippen LogP contribution in [-0.2, 0) is 0 Å². The van der Waals surface area contributed by atoms with Crippen molar-refractivity contribution in [1.82, 2.24) is 0 Å². The van der Waals surface area contributed by atoms with Crippen LogP contribution in [0.15, 0.2) is 30.3 Å². The summed E-state index contributed by atoms with van der Waals surface area (Å²) in [4.78, 5) is 0. The Labute approximate surface area is 150 Å². The largest absolute Gasteiger partial charge is 0.493 e. The summed E-state index contributed by atoms with van der Waals surface area (Å²) in [5, 5.41) is 0. The summed E-state index contributed by atoms with van der Waals surface area (Å²) in [6.07, 6.45) is 21.2. The molecule has 0 aromatic heterocycles. The molecule has 0 N–H and O–H groups in total. The number of allylic oxidation sites excluding steroid dienone is 1. The van der Waals surface area contributed by atoms with Crippen LogP contribution in [0.5, 0.6) is 5.75 Å². The van der Waals surface area contributed by atoms with Gasteiger partial charge in [-0.2, -0.15) is 0 Å². The fourth-order valence-electron chi connectivity index (χ4n) is 3.04. The molecular formula is C23H38O. The highest BCUT2D eigenvalue weighted by Crippen LogP contribution is 2.20. The molecule has 0 amide bonds. The van der Waals surface area contributed by atoms with Crippen molar-refractivity contribution < 1.29 is 4.74 Å². The van der Waals surface area contributed by atoms with Gasteiger partial charge in [0.2, 0.25) is 0 Å². The van der Waals surface area contributed by atoms with Crippen LogP contribution in [0, 0.1) is 0 Å². The Morgan fingerprint density at radius 2 is 1.33 bits per heavy atom. The lowest BCUT2D eigenvalue weighted by Crippen LogP contribution is -1.93. The topological polar surface area (TPSA) is 9.23 Å². The molecule has 24 heavy (non-hydrogen) atoms. The first-order valence-corrected chi connectivity index (χ1v) is 10.3. The number of ether oxygens (including phenoxy) is 1. The van der Waals surface area contributed by atoms with Crippen molar-refractivity contribution in [2.45, 2.75) is 90.9 Å². The van der Waals surface area contributed by atoms with Crippen molar-refractivity contribution in [1.29, 1.82) is 0 Å². The quantitative estimate of drug-likeness (QED) is 0.298. The van der Waals surface area contributed by atoms with Gasteiger partial charge in [-0.1, -0.05) is 101 Å². The van der Waals surface area contributed by atoms with E-state index >= 15 is 0 Å². The van der Waals surface area contributed by atoms with Crippen LogP contribution in [0.2, 0.25) is 0 Å².